The number of carbonyl (C=O) groups excluding carboxylic acids is 2. The fourth-order valence-corrected chi connectivity index (χ4v) is 5.81. The maximum absolute atomic E-state index is 14.1. The highest BCUT2D eigenvalue weighted by atomic mass is 32.1. The molecule has 1 saturated heterocycles. The Morgan fingerprint density at radius 3 is 2.71 bits per heavy atom. The number of thiophene rings is 1. The zero-order chi connectivity index (χ0) is 24.4. The van der Waals surface area contributed by atoms with Crippen molar-refractivity contribution in [2.24, 2.45) is 5.10 Å². The van der Waals surface area contributed by atoms with Crippen LogP contribution in [-0.2, 0) is 4.79 Å². The minimum Gasteiger partial charge on any atom is -0.366 e. The summed E-state index contributed by atoms with van der Waals surface area (Å²) in [6.45, 7) is 5.17. The third-order valence-corrected chi connectivity index (χ3v) is 7.77. The van der Waals surface area contributed by atoms with E-state index in [0.29, 0.717) is 51.3 Å². The van der Waals surface area contributed by atoms with E-state index in [4.69, 9.17) is 0 Å². The Hall–Kier alpha value is -3.14. The quantitative estimate of drug-likeness (QED) is 0.563. The number of fused-ring (bicyclic) bond motifs is 3. The van der Waals surface area contributed by atoms with Gasteiger partial charge in [0, 0.05) is 45.6 Å². The van der Waals surface area contributed by atoms with Crippen LogP contribution in [0.2, 0.25) is 0 Å². The average molecular weight is 499 g/mol. The molecule has 186 valence electrons. The van der Waals surface area contributed by atoms with Crippen molar-refractivity contribution in [1.82, 2.24) is 15.2 Å². The molecule has 0 spiro atoms. The van der Waals surface area contributed by atoms with Crippen LogP contribution in [0.4, 0.5) is 15.8 Å². The molecule has 3 aliphatic heterocycles. The van der Waals surface area contributed by atoms with E-state index in [1.807, 2.05) is 32.2 Å². The third-order valence-electron chi connectivity index (χ3n) is 6.88. The monoisotopic (exact) mass is 498 g/mol. The molecule has 4 heterocycles. The van der Waals surface area contributed by atoms with Crippen molar-refractivity contribution in [3.63, 3.8) is 0 Å². The number of hydrogen-bond acceptors (Lipinski definition) is 7. The summed E-state index contributed by atoms with van der Waals surface area (Å²) in [5.74, 6) is 0.661. The lowest BCUT2D eigenvalue weighted by Gasteiger charge is -2.40. The SMILES string of the molecule is CCCCCN1C(=O)c2sccc2N2C(CCC(=O)N3CCN(c4ccccc4F)CC3)=NNC12. The van der Waals surface area contributed by atoms with Gasteiger partial charge in [0.2, 0.25) is 12.2 Å². The Bertz CT molecular complexity index is 1110. The molecule has 1 unspecified atom stereocenters. The maximum atomic E-state index is 14.1. The first-order chi connectivity index (χ1) is 17.1. The number of piperazine rings is 1. The van der Waals surface area contributed by atoms with Gasteiger partial charge >= 0.3 is 0 Å². The van der Waals surface area contributed by atoms with E-state index in [1.54, 1.807) is 12.1 Å². The number of benzene rings is 1. The summed E-state index contributed by atoms with van der Waals surface area (Å²) < 4.78 is 14.1. The minimum atomic E-state index is -0.337. The second-order valence-corrected chi connectivity index (χ2v) is 9.98. The Kier molecular flexibility index (Phi) is 6.90. The molecule has 0 radical (unpaired) electrons. The molecule has 2 aromatic rings. The lowest BCUT2D eigenvalue weighted by molar-refractivity contribution is -0.131. The van der Waals surface area contributed by atoms with Gasteiger partial charge in [0.25, 0.3) is 5.91 Å². The van der Waals surface area contributed by atoms with Gasteiger partial charge in [-0.2, -0.15) is 5.10 Å². The number of para-hydroxylation sites is 1. The van der Waals surface area contributed by atoms with Crippen LogP contribution in [0.1, 0.15) is 48.7 Å². The number of hydrazone groups is 1. The van der Waals surface area contributed by atoms with Gasteiger partial charge in [-0.15, -0.1) is 11.3 Å². The van der Waals surface area contributed by atoms with Crippen LogP contribution in [0.5, 0.6) is 0 Å². The van der Waals surface area contributed by atoms with Gasteiger partial charge in [-0.3, -0.25) is 24.8 Å². The summed E-state index contributed by atoms with van der Waals surface area (Å²) in [6.07, 6.45) is 3.60. The van der Waals surface area contributed by atoms with E-state index in [0.717, 1.165) is 35.7 Å². The first-order valence-electron chi connectivity index (χ1n) is 12.4. The summed E-state index contributed by atoms with van der Waals surface area (Å²) in [4.78, 5) is 34.6. The molecule has 1 aromatic carbocycles. The highest BCUT2D eigenvalue weighted by Gasteiger charge is 2.43. The molecule has 35 heavy (non-hydrogen) atoms. The second kappa shape index (κ2) is 10.2. The third kappa shape index (κ3) is 4.59. The molecule has 0 saturated carbocycles. The van der Waals surface area contributed by atoms with Gasteiger partial charge in [0.15, 0.2) is 0 Å². The molecular weight excluding hydrogens is 467 g/mol. The topological polar surface area (TPSA) is 71.5 Å². The van der Waals surface area contributed by atoms with Crippen molar-refractivity contribution in [3.8, 4) is 0 Å². The molecular formula is C25H31FN6O2S. The van der Waals surface area contributed by atoms with Gasteiger partial charge in [0.1, 0.15) is 16.5 Å². The number of hydrogen-bond donors (Lipinski definition) is 1. The zero-order valence-electron chi connectivity index (χ0n) is 20.0. The predicted octanol–water partition coefficient (Wildman–Crippen LogP) is 3.67. The molecule has 3 aliphatic rings. The lowest BCUT2D eigenvalue weighted by atomic mass is 10.1. The van der Waals surface area contributed by atoms with Crippen LogP contribution in [0.15, 0.2) is 40.8 Å². The van der Waals surface area contributed by atoms with Crippen molar-refractivity contribution in [2.45, 2.75) is 45.3 Å². The Balaban J connectivity index is 1.19. The molecule has 1 atom stereocenters. The van der Waals surface area contributed by atoms with E-state index >= 15 is 0 Å². The molecule has 0 aliphatic carbocycles. The molecule has 8 nitrogen and oxygen atoms in total. The normalized spacial score (nSPS) is 19.4. The number of amidine groups is 1. The van der Waals surface area contributed by atoms with Crippen molar-refractivity contribution < 1.29 is 14.0 Å². The molecule has 2 amide bonds. The standard InChI is InChI=1S/C25H31FN6O2S/c1-2-3-6-12-31-24(34)23-20(11-17-35-23)32-21(27-28-25(31)32)9-10-22(33)30-15-13-29(14-16-30)19-8-5-4-7-18(19)26/h4-5,7-8,11,17,25,28H,2-3,6,9-10,12-16H2,1H3. The highest BCUT2D eigenvalue weighted by Crippen LogP contribution is 2.37. The number of halogens is 1. The molecule has 1 fully saturated rings. The summed E-state index contributed by atoms with van der Waals surface area (Å²) in [5, 5.41) is 6.47. The molecule has 10 heteroatoms. The maximum Gasteiger partial charge on any atom is 0.269 e. The largest absolute Gasteiger partial charge is 0.366 e. The molecule has 5 rings (SSSR count). The smallest absolute Gasteiger partial charge is 0.269 e. The van der Waals surface area contributed by atoms with Crippen molar-refractivity contribution in [2.75, 3.05) is 42.5 Å². The Morgan fingerprint density at radius 1 is 1.14 bits per heavy atom. The summed E-state index contributed by atoms with van der Waals surface area (Å²) in [6, 6.07) is 8.72. The number of nitrogens with zero attached hydrogens (tertiary/aromatic N) is 5. The van der Waals surface area contributed by atoms with E-state index in [-0.39, 0.29) is 23.9 Å². The number of unbranched alkanes of at least 4 members (excludes halogenated alkanes) is 2. The second-order valence-electron chi connectivity index (χ2n) is 9.06. The van der Waals surface area contributed by atoms with Gasteiger partial charge < -0.3 is 9.80 Å². The van der Waals surface area contributed by atoms with Crippen molar-refractivity contribution in [1.29, 1.82) is 0 Å². The first kappa shape index (κ1) is 23.6. The van der Waals surface area contributed by atoms with Gasteiger partial charge in [0.05, 0.1) is 11.4 Å². The van der Waals surface area contributed by atoms with Crippen LogP contribution in [0.3, 0.4) is 0 Å². The van der Waals surface area contributed by atoms with E-state index in [1.165, 1.54) is 17.4 Å². The van der Waals surface area contributed by atoms with Crippen LogP contribution >= 0.6 is 11.3 Å². The number of amides is 2. The molecule has 0 bridgehead atoms. The highest BCUT2D eigenvalue weighted by molar-refractivity contribution is 7.12. The van der Waals surface area contributed by atoms with Crippen LogP contribution in [0, 0.1) is 5.82 Å². The fraction of sp³-hybridized carbons (Fsp3) is 0.480. The van der Waals surface area contributed by atoms with E-state index in [9.17, 15) is 14.0 Å². The molecule has 1 N–H and O–H groups in total. The van der Waals surface area contributed by atoms with Crippen molar-refractivity contribution >= 4 is 40.4 Å². The van der Waals surface area contributed by atoms with Gasteiger partial charge in [-0.25, -0.2) is 4.39 Å². The summed E-state index contributed by atoms with van der Waals surface area (Å²) in [5.41, 5.74) is 4.59. The van der Waals surface area contributed by atoms with E-state index in [2.05, 4.69) is 22.4 Å². The molecule has 1 aromatic heterocycles. The van der Waals surface area contributed by atoms with Crippen LogP contribution in [0.25, 0.3) is 0 Å². The van der Waals surface area contributed by atoms with Crippen LogP contribution in [-0.4, -0.2) is 66.5 Å². The number of nitrogens with one attached hydrogen (secondary N) is 1. The number of anilines is 2. The predicted molar refractivity (Wildman–Crippen MR) is 136 cm³/mol. The Labute approximate surface area is 209 Å². The summed E-state index contributed by atoms with van der Waals surface area (Å²) >= 11 is 1.45. The van der Waals surface area contributed by atoms with Crippen LogP contribution < -0.4 is 15.2 Å². The number of rotatable bonds is 8. The van der Waals surface area contributed by atoms with Crippen molar-refractivity contribution in [3.05, 3.63) is 46.4 Å². The fourth-order valence-electron chi connectivity index (χ4n) is 4.97. The Morgan fingerprint density at radius 2 is 1.94 bits per heavy atom. The van der Waals surface area contributed by atoms with Gasteiger partial charge in [-0.05, 0) is 30.0 Å². The average Bonchev–Trinajstić information content (AvgIpc) is 3.52. The van der Waals surface area contributed by atoms with Gasteiger partial charge in [-0.1, -0.05) is 31.9 Å². The number of carbonyl (C=O) groups is 2. The zero-order valence-corrected chi connectivity index (χ0v) is 20.8. The summed E-state index contributed by atoms with van der Waals surface area (Å²) in [7, 11) is 0. The lowest BCUT2D eigenvalue weighted by Crippen LogP contribution is -2.58. The van der Waals surface area contributed by atoms with E-state index < -0.39 is 0 Å². The minimum absolute atomic E-state index is 0.0418. The first-order valence-corrected chi connectivity index (χ1v) is 13.2.